The zero-order valence-corrected chi connectivity index (χ0v) is 13.9. The Morgan fingerprint density at radius 1 is 1.40 bits per heavy atom. The molecular weight excluding hydrogens is 278 g/mol. The first-order valence-corrected chi connectivity index (χ1v) is 8.75. The summed E-state index contributed by atoms with van der Waals surface area (Å²) in [7, 11) is -1.83. The summed E-state index contributed by atoms with van der Waals surface area (Å²) in [5.41, 5.74) is -0.485. The van der Waals surface area contributed by atoms with Crippen molar-refractivity contribution >= 4 is 10.2 Å². The molecule has 6 nitrogen and oxygen atoms in total. The third-order valence-electron chi connectivity index (χ3n) is 3.43. The van der Waals surface area contributed by atoms with E-state index >= 15 is 0 Å². The van der Waals surface area contributed by atoms with Crippen molar-refractivity contribution in [1.29, 1.82) is 0 Å². The van der Waals surface area contributed by atoms with Crippen LogP contribution < -0.4 is 10.0 Å². The van der Waals surface area contributed by atoms with E-state index in [1.54, 1.807) is 7.05 Å². The van der Waals surface area contributed by atoms with E-state index in [1.807, 2.05) is 6.92 Å². The minimum atomic E-state index is -3.44. The number of rotatable bonds is 8. The zero-order chi connectivity index (χ0) is 15.2. The van der Waals surface area contributed by atoms with Crippen molar-refractivity contribution in [2.24, 2.45) is 0 Å². The number of hydrogen-bond donors (Lipinski definition) is 2. The third kappa shape index (κ3) is 6.05. The molecule has 1 atom stereocenters. The summed E-state index contributed by atoms with van der Waals surface area (Å²) in [4.78, 5) is 0. The molecule has 0 saturated carbocycles. The van der Waals surface area contributed by atoms with Gasteiger partial charge < -0.3 is 10.1 Å². The Hall–Kier alpha value is -0.210. The number of nitrogens with one attached hydrogen (secondary N) is 2. The highest BCUT2D eigenvalue weighted by molar-refractivity contribution is 7.87. The Morgan fingerprint density at radius 2 is 2.10 bits per heavy atom. The topological polar surface area (TPSA) is 70.7 Å². The van der Waals surface area contributed by atoms with E-state index in [4.69, 9.17) is 4.74 Å². The van der Waals surface area contributed by atoms with Crippen LogP contribution in [0.25, 0.3) is 0 Å². The summed E-state index contributed by atoms with van der Waals surface area (Å²) in [6.45, 7) is 8.53. The lowest BCUT2D eigenvalue weighted by Crippen LogP contribution is -2.55. The van der Waals surface area contributed by atoms with Crippen LogP contribution in [0.3, 0.4) is 0 Å². The van der Waals surface area contributed by atoms with Gasteiger partial charge in [0.25, 0.3) is 10.2 Å². The van der Waals surface area contributed by atoms with E-state index in [-0.39, 0.29) is 0 Å². The van der Waals surface area contributed by atoms with Crippen molar-refractivity contribution in [3.63, 3.8) is 0 Å². The van der Waals surface area contributed by atoms with Gasteiger partial charge in [-0.2, -0.15) is 17.4 Å². The Labute approximate surface area is 123 Å². The van der Waals surface area contributed by atoms with Crippen LogP contribution in [0.15, 0.2) is 0 Å². The van der Waals surface area contributed by atoms with E-state index in [1.165, 1.54) is 4.31 Å². The van der Waals surface area contributed by atoms with Crippen LogP contribution >= 0.6 is 0 Å². The number of ether oxygens (including phenoxy) is 1. The van der Waals surface area contributed by atoms with Gasteiger partial charge in [-0.05, 0) is 32.7 Å². The van der Waals surface area contributed by atoms with E-state index in [9.17, 15) is 8.42 Å². The second kappa shape index (κ2) is 7.70. The van der Waals surface area contributed by atoms with Crippen LogP contribution in [0.1, 0.15) is 40.0 Å². The van der Waals surface area contributed by atoms with Crippen molar-refractivity contribution in [1.82, 2.24) is 14.3 Å². The Morgan fingerprint density at radius 3 is 2.65 bits per heavy atom. The van der Waals surface area contributed by atoms with Gasteiger partial charge >= 0.3 is 0 Å². The van der Waals surface area contributed by atoms with Gasteiger partial charge in [0.05, 0.1) is 12.1 Å². The molecule has 2 N–H and O–H groups in total. The molecule has 0 radical (unpaired) electrons. The molecule has 1 saturated heterocycles. The second-order valence-corrected chi connectivity index (χ2v) is 7.89. The highest BCUT2D eigenvalue weighted by Crippen LogP contribution is 2.19. The van der Waals surface area contributed by atoms with Gasteiger partial charge in [0.15, 0.2) is 0 Å². The Balaban J connectivity index is 2.42. The van der Waals surface area contributed by atoms with E-state index in [0.29, 0.717) is 25.8 Å². The minimum Gasteiger partial charge on any atom is -0.380 e. The lowest BCUT2D eigenvalue weighted by molar-refractivity contribution is 0.0380. The lowest BCUT2D eigenvalue weighted by atomic mass is 9.97. The van der Waals surface area contributed by atoms with Gasteiger partial charge in [0.2, 0.25) is 0 Å². The summed E-state index contributed by atoms with van der Waals surface area (Å²) >= 11 is 0. The molecule has 0 bridgehead atoms. The quantitative estimate of drug-likeness (QED) is 0.648. The van der Waals surface area contributed by atoms with E-state index in [2.05, 4.69) is 23.9 Å². The summed E-state index contributed by atoms with van der Waals surface area (Å²) in [5, 5.41) is 3.28. The zero-order valence-electron chi connectivity index (χ0n) is 13.1. The number of nitrogens with zero attached hydrogens (tertiary/aromatic N) is 1. The standard InChI is InChI=1S/C13H29N3O3S/c1-12(2)14-8-6-9-16(4)20(17,18)15-13(3)7-5-10-19-11-13/h12,14-15H,5-11H2,1-4H3. The predicted molar refractivity (Wildman–Crippen MR) is 80.9 cm³/mol. The molecule has 0 aromatic rings. The van der Waals surface area contributed by atoms with Crippen LogP contribution in [-0.4, -0.2) is 57.7 Å². The van der Waals surface area contributed by atoms with E-state index < -0.39 is 15.7 Å². The van der Waals surface area contributed by atoms with Crippen molar-refractivity contribution in [3.05, 3.63) is 0 Å². The van der Waals surface area contributed by atoms with Gasteiger partial charge in [0, 0.05) is 26.2 Å². The highest BCUT2D eigenvalue weighted by atomic mass is 32.2. The molecule has 120 valence electrons. The first-order chi connectivity index (χ1) is 9.25. The molecule has 20 heavy (non-hydrogen) atoms. The second-order valence-electron chi connectivity index (χ2n) is 6.11. The maximum absolute atomic E-state index is 12.3. The minimum absolute atomic E-state index is 0.424. The molecule has 1 unspecified atom stereocenters. The van der Waals surface area contributed by atoms with Gasteiger partial charge in [-0.3, -0.25) is 0 Å². The molecule has 0 spiro atoms. The van der Waals surface area contributed by atoms with Crippen LogP contribution in [0.5, 0.6) is 0 Å². The lowest BCUT2D eigenvalue weighted by Gasteiger charge is -2.35. The first-order valence-electron chi connectivity index (χ1n) is 7.31. The molecule has 1 aliphatic heterocycles. The predicted octanol–water partition coefficient (Wildman–Crippen LogP) is 0.710. The summed E-state index contributed by atoms with van der Waals surface area (Å²) in [6.07, 6.45) is 2.50. The van der Waals surface area contributed by atoms with Gasteiger partial charge in [-0.15, -0.1) is 0 Å². The molecule has 7 heteroatoms. The molecule has 0 amide bonds. The molecule has 0 aromatic carbocycles. The summed E-state index contributed by atoms with van der Waals surface area (Å²) in [6, 6.07) is 0.424. The smallest absolute Gasteiger partial charge is 0.279 e. The molecular formula is C13H29N3O3S. The van der Waals surface area contributed by atoms with Crippen LogP contribution in [0, 0.1) is 0 Å². The maximum atomic E-state index is 12.3. The first kappa shape index (κ1) is 17.8. The van der Waals surface area contributed by atoms with E-state index in [0.717, 1.165) is 25.8 Å². The molecule has 1 aliphatic rings. The largest absolute Gasteiger partial charge is 0.380 e. The fourth-order valence-corrected chi connectivity index (χ4v) is 3.53. The van der Waals surface area contributed by atoms with Gasteiger partial charge in [0.1, 0.15) is 0 Å². The Bertz CT molecular complexity index is 378. The third-order valence-corrected chi connectivity index (χ3v) is 5.18. The number of hydrogen-bond acceptors (Lipinski definition) is 4. The summed E-state index contributed by atoms with van der Waals surface area (Å²) < 4.78 is 34.1. The van der Waals surface area contributed by atoms with Gasteiger partial charge in [-0.1, -0.05) is 13.8 Å². The molecule has 0 aliphatic carbocycles. The van der Waals surface area contributed by atoms with Crippen LogP contribution in [0.4, 0.5) is 0 Å². The highest BCUT2D eigenvalue weighted by Gasteiger charge is 2.33. The molecule has 1 fully saturated rings. The molecule has 1 heterocycles. The molecule has 1 rings (SSSR count). The Kier molecular flexibility index (Phi) is 6.87. The van der Waals surface area contributed by atoms with Crippen LogP contribution in [0.2, 0.25) is 0 Å². The normalized spacial score (nSPS) is 24.5. The van der Waals surface area contributed by atoms with Crippen molar-refractivity contribution in [2.75, 3.05) is 33.4 Å². The fraction of sp³-hybridized carbons (Fsp3) is 1.00. The van der Waals surface area contributed by atoms with Crippen molar-refractivity contribution in [3.8, 4) is 0 Å². The average molecular weight is 307 g/mol. The van der Waals surface area contributed by atoms with Gasteiger partial charge in [-0.25, -0.2) is 0 Å². The maximum Gasteiger partial charge on any atom is 0.279 e. The monoisotopic (exact) mass is 307 g/mol. The fourth-order valence-electron chi connectivity index (χ4n) is 2.22. The van der Waals surface area contributed by atoms with Crippen LogP contribution in [-0.2, 0) is 14.9 Å². The average Bonchev–Trinajstić information content (AvgIpc) is 2.33. The SMILES string of the molecule is CC(C)NCCCN(C)S(=O)(=O)NC1(C)CCCOC1. The van der Waals surface area contributed by atoms with Crippen molar-refractivity contribution in [2.45, 2.75) is 51.6 Å². The van der Waals surface area contributed by atoms with Crippen molar-refractivity contribution < 1.29 is 13.2 Å². The molecule has 0 aromatic heterocycles. The summed E-state index contributed by atoms with van der Waals surface area (Å²) in [5.74, 6) is 0.